The highest BCUT2D eigenvalue weighted by Gasteiger charge is 2.28. The Hall–Kier alpha value is -2.32. The fraction of sp³-hybridized carbons (Fsp3) is 0.766. The van der Waals surface area contributed by atoms with Gasteiger partial charge in [0.2, 0.25) is 5.91 Å². The van der Waals surface area contributed by atoms with Crippen molar-refractivity contribution in [2.75, 3.05) is 40.9 Å². The summed E-state index contributed by atoms with van der Waals surface area (Å²) in [6.07, 6.45) is 76.4. The van der Waals surface area contributed by atoms with Crippen molar-refractivity contribution >= 4 is 13.7 Å². The van der Waals surface area contributed by atoms with E-state index < -0.39 is 20.0 Å². The Labute approximate surface area is 452 Å². The van der Waals surface area contributed by atoms with Crippen molar-refractivity contribution in [1.82, 2.24) is 5.32 Å². The lowest BCUT2D eigenvalue weighted by molar-refractivity contribution is -0.870. The van der Waals surface area contributed by atoms with Crippen molar-refractivity contribution in [2.45, 2.75) is 276 Å². The second kappa shape index (κ2) is 54.5. The van der Waals surface area contributed by atoms with Gasteiger partial charge in [0, 0.05) is 6.42 Å². The first-order valence-corrected chi connectivity index (χ1v) is 31.9. The Morgan fingerprint density at radius 2 is 0.822 bits per heavy atom. The molecule has 0 fully saturated rings. The first kappa shape index (κ1) is 70.7. The van der Waals surface area contributed by atoms with E-state index in [0.717, 1.165) is 103 Å². The largest absolute Gasteiger partial charge is 0.472 e. The predicted molar refractivity (Wildman–Crippen MR) is 318 cm³/mol. The molecule has 0 aromatic carbocycles. The summed E-state index contributed by atoms with van der Waals surface area (Å²) in [6.45, 7) is 4.78. The number of phosphoric ester groups is 1. The number of quaternary nitrogens is 1. The molecule has 0 rings (SSSR count). The summed E-state index contributed by atoms with van der Waals surface area (Å²) < 4.78 is 23.8. The normalized spacial score (nSPS) is 14.5. The van der Waals surface area contributed by atoms with Crippen LogP contribution < -0.4 is 5.32 Å². The van der Waals surface area contributed by atoms with Gasteiger partial charge in [-0.1, -0.05) is 272 Å². The molecule has 73 heavy (non-hydrogen) atoms. The average Bonchev–Trinajstić information content (AvgIpc) is 3.35. The summed E-state index contributed by atoms with van der Waals surface area (Å²) >= 11 is 0. The number of hydrogen-bond donors (Lipinski definition) is 3. The van der Waals surface area contributed by atoms with E-state index in [1.165, 1.54) is 135 Å². The molecule has 0 bridgehead atoms. The zero-order chi connectivity index (χ0) is 53.5. The molecule has 9 heteroatoms. The smallest absolute Gasteiger partial charge is 0.391 e. The molecule has 3 unspecified atom stereocenters. The van der Waals surface area contributed by atoms with Crippen LogP contribution in [0, 0.1) is 0 Å². The minimum absolute atomic E-state index is 0.0665. The van der Waals surface area contributed by atoms with Crippen molar-refractivity contribution in [2.24, 2.45) is 0 Å². The minimum atomic E-state index is -4.34. The van der Waals surface area contributed by atoms with E-state index >= 15 is 0 Å². The lowest BCUT2D eigenvalue weighted by atomic mass is 10.0. The molecule has 0 aliphatic rings. The number of carbonyl (C=O) groups is 1. The fourth-order valence-electron chi connectivity index (χ4n) is 8.68. The van der Waals surface area contributed by atoms with Gasteiger partial charge in [-0.3, -0.25) is 13.8 Å². The highest BCUT2D eigenvalue weighted by molar-refractivity contribution is 7.47. The number of aliphatic hydroxyl groups is 1. The summed E-state index contributed by atoms with van der Waals surface area (Å²) in [5.41, 5.74) is 0. The Morgan fingerprint density at radius 3 is 1.21 bits per heavy atom. The van der Waals surface area contributed by atoms with E-state index in [-0.39, 0.29) is 19.1 Å². The molecular formula is C64H118N2O6P+. The van der Waals surface area contributed by atoms with Gasteiger partial charge in [-0.25, -0.2) is 4.57 Å². The van der Waals surface area contributed by atoms with E-state index in [1.807, 2.05) is 21.1 Å². The molecule has 0 aromatic heterocycles. The summed E-state index contributed by atoms with van der Waals surface area (Å²) in [6, 6.07) is -0.779. The number of likely N-dealkylation sites (N-methyl/N-ethyl adjacent to an activating group) is 1. The van der Waals surface area contributed by atoms with Crippen LogP contribution in [-0.2, 0) is 18.4 Å². The number of carbonyl (C=O) groups excluding carboxylic acids is 1. The topological polar surface area (TPSA) is 105 Å². The highest BCUT2D eigenvalue weighted by Crippen LogP contribution is 2.43. The molecule has 0 saturated carbocycles. The van der Waals surface area contributed by atoms with Crippen LogP contribution in [-0.4, -0.2) is 73.4 Å². The van der Waals surface area contributed by atoms with Gasteiger partial charge in [-0.05, 0) is 70.6 Å². The van der Waals surface area contributed by atoms with Crippen molar-refractivity contribution in [3.05, 3.63) is 85.1 Å². The summed E-state index contributed by atoms with van der Waals surface area (Å²) in [5, 5.41) is 14.1. The van der Waals surface area contributed by atoms with Crippen molar-refractivity contribution in [3.63, 3.8) is 0 Å². The molecule has 424 valence electrons. The average molecular weight is 1040 g/mol. The highest BCUT2D eigenvalue weighted by atomic mass is 31.2. The van der Waals surface area contributed by atoms with E-state index in [0.29, 0.717) is 23.9 Å². The fourth-order valence-corrected chi connectivity index (χ4v) is 9.41. The van der Waals surface area contributed by atoms with Crippen molar-refractivity contribution < 1.29 is 32.9 Å². The van der Waals surface area contributed by atoms with E-state index in [4.69, 9.17) is 9.05 Å². The third-order valence-electron chi connectivity index (χ3n) is 13.4. The predicted octanol–water partition coefficient (Wildman–Crippen LogP) is 18.8. The van der Waals surface area contributed by atoms with Gasteiger partial charge in [0.15, 0.2) is 0 Å². The number of phosphoric acid groups is 1. The molecule has 3 N–H and O–H groups in total. The SMILES string of the molecule is CC/C=C\C/C=C\C/C=C\C/C=C\C/C=C\C/C=C\C/C=C\CCCCCCCC(=O)NC(COP(=O)(O)OCC[N+](C)(C)C)C(O)CCCCCCCCCCCCCCCCCCCCCCCCCC. The van der Waals surface area contributed by atoms with Crippen LogP contribution in [0.4, 0.5) is 0 Å². The summed E-state index contributed by atoms with van der Waals surface area (Å²) in [5.74, 6) is -0.164. The zero-order valence-electron chi connectivity index (χ0n) is 48.4. The van der Waals surface area contributed by atoms with Gasteiger partial charge >= 0.3 is 7.82 Å². The van der Waals surface area contributed by atoms with Crippen LogP contribution in [0.5, 0.6) is 0 Å². The molecule has 0 aliphatic heterocycles. The van der Waals surface area contributed by atoms with E-state index in [2.05, 4.69) is 104 Å². The first-order chi connectivity index (χ1) is 35.5. The molecule has 3 atom stereocenters. The number of unbranched alkanes of at least 4 members (excludes halogenated alkanes) is 28. The number of amides is 1. The standard InChI is InChI=1S/C64H117N2O6P/c1-6-8-10-12-14-16-18-20-22-24-26-28-30-32-33-34-36-38-40-42-44-46-48-50-52-54-56-58-64(68)65-62(61-72-73(69,70)71-60-59-66(3,4)5)63(67)57-55-53-51-49-47-45-43-41-39-37-35-31-29-27-25-23-21-19-17-15-13-11-9-7-2/h8,10,14,16,20,22,26,28,32-33,36,38,42,44,62-63,67H,6-7,9,11-13,15,17-19,21,23-25,27,29-31,34-35,37,39-41,43,45-61H2,1-5H3,(H-,65,68,69,70)/p+1/b10-8-,16-14-,22-20-,28-26-,33-32-,38-36-,44-42-. The molecule has 0 aromatic rings. The van der Waals surface area contributed by atoms with Crippen molar-refractivity contribution in [3.8, 4) is 0 Å². The number of hydrogen-bond acceptors (Lipinski definition) is 5. The van der Waals surface area contributed by atoms with Crippen LogP contribution in [0.15, 0.2) is 85.1 Å². The van der Waals surface area contributed by atoms with Crippen LogP contribution in [0.2, 0.25) is 0 Å². The Bertz CT molecular complexity index is 1460. The molecule has 0 heterocycles. The van der Waals surface area contributed by atoms with Crippen molar-refractivity contribution in [1.29, 1.82) is 0 Å². The lowest BCUT2D eigenvalue weighted by Gasteiger charge is -2.26. The first-order valence-electron chi connectivity index (χ1n) is 30.5. The number of rotatable bonds is 55. The van der Waals surface area contributed by atoms with Gasteiger partial charge in [-0.2, -0.15) is 0 Å². The minimum Gasteiger partial charge on any atom is -0.391 e. The number of nitrogens with zero attached hydrogens (tertiary/aromatic N) is 1. The second-order valence-electron chi connectivity index (χ2n) is 21.7. The number of aliphatic hydroxyl groups excluding tert-OH is 1. The second-order valence-corrected chi connectivity index (χ2v) is 23.2. The third-order valence-corrected chi connectivity index (χ3v) is 14.4. The summed E-state index contributed by atoms with van der Waals surface area (Å²) in [4.78, 5) is 23.4. The zero-order valence-corrected chi connectivity index (χ0v) is 49.3. The molecule has 0 aliphatic carbocycles. The molecule has 1 amide bonds. The monoisotopic (exact) mass is 1040 g/mol. The maximum atomic E-state index is 13.0. The Morgan fingerprint density at radius 1 is 0.479 bits per heavy atom. The van der Waals surface area contributed by atoms with Crippen LogP contribution in [0.3, 0.4) is 0 Å². The molecule has 0 radical (unpaired) electrons. The lowest BCUT2D eigenvalue weighted by Crippen LogP contribution is -2.46. The molecule has 0 saturated heterocycles. The van der Waals surface area contributed by atoms with Crippen LogP contribution in [0.25, 0.3) is 0 Å². The molecular weight excluding hydrogens is 924 g/mol. The Balaban J connectivity index is 4.22. The van der Waals surface area contributed by atoms with Gasteiger partial charge < -0.3 is 19.8 Å². The number of allylic oxidation sites excluding steroid dienone is 14. The maximum Gasteiger partial charge on any atom is 0.472 e. The third kappa shape index (κ3) is 57.2. The van der Waals surface area contributed by atoms with Gasteiger partial charge in [0.1, 0.15) is 13.2 Å². The molecule has 8 nitrogen and oxygen atoms in total. The van der Waals surface area contributed by atoms with Crippen LogP contribution >= 0.6 is 7.82 Å². The summed E-state index contributed by atoms with van der Waals surface area (Å²) in [7, 11) is 1.60. The molecule has 0 spiro atoms. The van der Waals surface area contributed by atoms with Gasteiger partial charge in [-0.15, -0.1) is 0 Å². The Kier molecular flexibility index (Phi) is 52.7. The van der Waals surface area contributed by atoms with Gasteiger partial charge in [0.25, 0.3) is 0 Å². The van der Waals surface area contributed by atoms with Gasteiger partial charge in [0.05, 0.1) is 39.9 Å². The van der Waals surface area contributed by atoms with Crippen LogP contribution in [0.1, 0.15) is 264 Å². The van der Waals surface area contributed by atoms with E-state index in [9.17, 15) is 19.4 Å². The number of nitrogens with one attached hydrogen (secondary N) is 1. The quantitative estimate of drug-likeness (QED) is 0.0243. The van der Waals surface area contributed by atoms with E-state index in [1.54, 1.807) is 0 Å². The maximum absolute atomic E-state index is 13.0.